The number of halogens is 1. The normalized spacial score (nSPS) is 32.2. The molecule has 1 unspecified atom stereocenters. The Morgan fingerprint density at radius 2 is 2.09 bits per heavy atom. The minimum Gasteiger partial charge on any atom is -0.490 e. The fraction of sp³-hybridized carbons (Fsp3) is 0.514. The Morgan fingerprint density at radius 1 is 1.24 bits per heavy atom. The number of benzene rings is 2. The highest BCUT2D eigenvalue weighted by Gasteiger charge is 2.44. The van der Waals surface area contributed by atoms with Crippen molar-refractivity contribution in [2.75, 3.05) is 38.3 Å². The molecule has 1 spiro atoms. The Hall–Kier alpha value is -3.01. The highest BCUT2D eigenvalue weighted by molar-refractivity contribution is 7.99. The third-order valence-corrected chi connectivity index (χ3v) is 12.6. The summed E-state index contributed by atoms with van der Waals surface area (Å²) < 4.78 is 29.1. The maximum absolute atomic E-state index is 13.6. The molecule has 2 heterocycles. The van der Waals surface area contributed by atoms with E-state index in [1.807, 2.05) is 25.1 Å². The van der Waals surface area contributed by atoms with Crippen molar-refractivity contribution in [2.24, 2.45) is 11.8 Å². The van der Waals surface area contributed by atoms with Crippen LogP contribution in [0.4, 0.5) is 5.69 Å². The van der Waals surface area contributed by atoms with Crippen molar-refractivity contribution in [2.45, 2.75) is 68.6 Å². The Morgan fingerprint density at radius 3 is 2.87 bits per heavy atom. The zero-order valence-electron chi connectivity index (χ0n) is 26.2. The lowest BCUT2D eigenvalue weighted by molar-refractivity contribution is -0.128. The molecule has 6 atom stereocenters. The van der Waals surface area contributed by atoms with E-state index in [9.17, 15) is 13.8 Å². The molecule has 242 valence electrons. The molecule has 8 nitrogen and oxygen atoms in total. The van der Waals surface area contributed by atoms with Gasteiger partial charge in [-0.15, -0.1) is 0 Å². The molecule has 45 heavy (non-hydrogen) atoms. The fourth-order valence-corrected chi connectivity index (χ4v) is 8.77. The van der Waals surface area contributed by atoms with Crippen LogP contribution in [-0.2, 0) is 31.1 Å². The molecule has 2 aromatic carbocycles. The lowest BCUT2D eigenvalue weighted by atomic mass is 9.68. The number of nitrogens with one attached hydrogen (secondary N) is 2. The van der Waals surface area contributed by atoms with Gasteiger partial charge in [-0.1, -0.05) is 29.8 Å². The van der Waals surface area contributed by atoms with E-state index in [0.717, 1.165) is 61.7 Å². The minimum atomic E-state index is -2.91. The molecule has 0 radical (unpaired) electrons. The van der Waals surface area contributed by atoms with E-state index in [4.69, 9.17) is 21.1 Å². The smallest absolute Gasteiger partial charge is 0.262 e. The van der Waals surface area contributed by atoms with Crippen LogP contribution in [0.25, 0.3) is 0 Å². The number of aryl methyl sites for hydroxylation is 1. The molecule has 2 amide bonds. The molecule has 2 aromatic rings. The molecular weight excluding hydrogens is 610 g/mol. The van der Waals surface area contributed by atoms with Crippen molar-refractivity contribution < 1.29 is 23.3 Å². The number of likely N-dealkylation sites (N-methyl/N-ethyl adjacent to an activating group) is 1. The van der Waals surface area contributed by atoms with Gasteiger partial charge in [-0.3, -0.25) is 14.3 Å². The largest absolute Gasteiger partial charge is 0.490 e. The molecule has 10 heteroatoms. The van der Waals surface area contributed by atoms with Crippen LogP contribution in [0, 0.1) is 11.8 Å². The first-order valence-corrected chi connectivity index (χ1v) is 18.2. The molecule has 4 aliphatic rings. The number of ether oxygens (including phenoxy) is 2. The van der Waals surface area contributed by atoms with Gasteiger partial charge in [0.1, 0.15) is 12.4 Å². The first-order chi connectivity index (χ1) is 21.6. The van der Waals surface area contributed by atoms with Gasteiger partial charge in [0.25, 0.3) is 5.91 Å². The molecule has 2 aliphatic heterocycles. The second-order valence-electron chi connectivity index (χ2n) is 13.2. The van der Waals surface area contributed by atoms with Crippen molar-refractivity contribution in [3.63, 3.8) is 0 Å². The van der Waals surface area contributed by atoms with E-state index >= 15 is 0 Å². The summed E-state index contributed by atoms with van der Waals surface area (Å²) in [4.78, 5) is 28.0. The summed E-state index contributed by atoms with van der Waals surface area (Å²) in [6, 6.07) is 11.7. The Balaban J connectivity index is 1.40. The zero-order chi connectivity index (χ0) is 31.8. The second-order valence-corrected chi connectivity index (χ2v) is 16.1. The van der Waals surface area contributed by atoms with Crippen LogP contribution in [0.5, 0.6) is 5.75 Å². The molecule has 2 N–H and O–H groups in total. The van der Waals surface area contributed by atoms with Gasteiger partial charge in [0.05, 0.1) is 28.1 Å². The summed E-state index contributed by atoms with van der Waals surface area (Å²) in [5, 5.41) is 3.07. The molecule has 0 aromatic heterocycles. The molecule has 0 saturated heterocycles. The quantitative estimate of drug-likeness (QED) is 0.355. The number of fused-ring (bicyclic) bond motifs is 4. The van der Waals surface area contributed by atoms with Crippen LogP contribution in [-0.4, -0.2) is 66.6 Å². The van der Waals surface area contributed by atoms with Crippen LogP contribution >= 0.6 is 11.6 Å². The molecule has 1 saturated carbocycles. The number of hydrogen-bond donors (Lipinski definition) is 2. The van der Waals surface area contributed by atoms with E-state index < -0.39 is 15.6 Å². The van der Waals surface area contributed by atoms with Crippen LogP contribution in [0.3, 0.4) is 0 Å². The maximum atomic E-state index is 13.6. The van der Waals surface area contributed by atoms with Gasteiger partial charge in [0, 0.05) is 41.4 Å². The fourth-order valence-electron chi connectivity index (χ4n) is 7.43. The standard InChI is InChI=1S/C35H44ClN3O5S/c1-23-7-4-5-9-31(43-20-33(40)37-2)28-13-10-26(28)19-39-21-35(16-6-8-24-17-27(36)12-14-29(24)35)22-44-32-15-11-25(18-30(32)39)34(41)38-45(23,3)42/h5,9,11-12,14-15,17-18,23,26,28,31H,3-4,6-8,10,13,16,19-22H2,1-2H3,(H,37,40)(H,38,41,42)/b9-5+/t23-,26+,28-,31+,35+,45?/m1/s1. The van der Waals surface area contributed by atoms with Gasteiger partial charge < -0.3 is 19.7 Å². The lowest BCUT2D eigenvalue weighted by Crippen LogP contribution is -2.50. The van der Waals surface area contributed by atoms with Gasteiger partial charge in [0.15, 0.2) is 0 Å². The van der Waals surface area contributed by atoms with Gasteiger partial charge in [0.2, 0.25) is 5.91 Å². The maximum Gasteiger partial charge on any atom is 0.262 e. The first-order valence-electron chi connectivity index (χ1n) is 16.1. The van der Waals surface area contributed by atoms with Gasteiger partial charge in [-0.05, 0) is 111 Å². The van der Waals surface area contributed by atoms with Gasteiger partial charge in [-0.2, -0.15) is 0 Å². The van der Waals surface area contributed by atoms with Crippen molar-refractivity contribution >= 4 is 44.7 Å². The number of carbonyl (C=O) groups is 2. The van der Waals surface area contributed by atoms with Crippen molar-refractivity contribution in [3.05, 3.63) is 70.3 Å². The summed E-state index contributed by atoms with van der Waals surface area (Å²) in [5.74, 6) is 4.67. The van der Waals surface area contributed by atoms with Crippen LogP contribution in [0.15, 0.2) is 48.6 Å². The predicted molar refractivity (Wildman–Crippen MR) is 181 cm³/mol. The third kappa shape index (κ3) is 6.62. The Kier molecular flexibility index (Phi) is 9.24. The van der Waals surface area contributed by atoms with E-state index in [0.29, 0.717) is 30.9 Å². The van der Waals surface area contributed by atoms with Crippen molar-refractivity contribution in [1.29, 1.82) is 0 Å². The number of amides is 2. The molecule has 6 rings (SSSR count). The number of carbonyl (C=O) groups excluding carboxylic acids is 2. The highest BCUT2D eigenvalue weighted by atomic mass is 35.5. The van der Waals surface area contributed by atoms with Gasteiger partial charge in [-0.25, -0.2) is 4.21 Å². The number of rotatable bonds is 3. The van der Waals surface area contributed by atoms with Crippen molar-refractivity contribution in [3.8, 4) is 5.75 Å². The van der Waals surface area contributed by atoms with Crippen LogP contribution in [0.2, 0.25) is 5.02 Å². The topological polar surface area (TPSA) is 97.0 Å². The summed E-state index contributed by atoms with van der Waals surface area (Å²) in [6.45, 7) is 3.86. The van der Waals surface area contributed by atoms with E-state index in [1.54, 1.807) is 13.1 Å². The summed E-state index contributed by atoms with van der Waals surface area (Å²) in [7, 11) is -1.29. The second kappa shape index (κ2) is 13.0. The summed E-state index contributed by atoms with van der Waals surface area (Å²) in [5.41, 5.74) is 3.60. The number of nitrogens with zero attached hydrogens (tertiary/aromatic N) is 1. The molecule has 1 fully saturated rings. The van der Waals surface area contributed by atoms with E-state index in [-0.39, 0.29) is 35.2 Å². The Bertz CT molecular complexity index is 1590. The molecule has 2 bridgehead atoms. The lowest BCUT2D eigenvalue weighted by Gasteiger charge is -2.46. The number of anilines is 1. The Labute approximate surface area is 272 Å². The van der Waals surface area contributed by atoms with Gasteiger partial charge >= 0.3 is 0 Å². The SMILES string of the molecule is C=S1(=O)NC(=O)c2ccc3c(c2)N(C[C@@H]2CC[C@H]2[C@@H](OCC(=O)NC)/C=C/CC[C@H]1C)C[C@@]1(CCCc2cc(Cl)ccc21)CO3. The highest BCUT2D eigenvalue weighted by Crippen LogP contribution is 2.47. The predicted octanol–water partition coefficient (Wildman–Crippen LogP) is 5.07. The average molecular weight is 654 g/mol. The van der Waals surface area contributed by atoms with Crippen molar-refractivity contribution in [1.82, 2.24) is 10.0 Å². The third-order valence-electron chi connectivity index (χ3n) is 10.3. The van der Waals surface area contributed by atoms with E-state index in [2.05, 4.69) is 45.1 Å². The summed E-state index contributed by atoms with van der Waals surface area (Å²) >= 11 is 6.43. The summed E-state index contributed by atoms with van der Waals surface area (Å²) in [6.07, 6.45) is 10.2. The number of allylic oxidation sites excluding steroid dienone is 1. The van der Waals surface area contributed by atoms with Crippen LogP contribution < -0.4 is 19.7 Å². The number of hydrogen-bond acceptors (Lipinski definition) is 6. The van der Waals surface area contributed by atoms with Crippen LogP contribution in [0.1, 0.15) is 66.9 Å². The van der Waals surface area contributed by atoms with E-state index in [1.165, 1.54) is 11.1 Å². The molecule has 2 aliphatic carbocycles. The first kappa shape index (κ1) is 32.0. The monoisotopic (exact) mass is 653 g/mol. The minimum absolute atomic E-state index is 0.00391. The molecular formula is C35H44ClN3O5S. The average Bonchev–Trinajstić information content (AvgIpc) is 3.15. The zero-order valence-corrected chi connectivity index (χ0v) is 27.8.